The average Bonchev–Trinajstić information content (AvgIpc) is 2.27. The lowest BCUT2D eigenvalue weighted by Crippen LogP contribution is -2.17. The molecule has 1 aromatic carbocycles. The van der Waals surface area contributed by atoms with Crippen LogP contribution in [0.25, 0.3) is 0 Å². The molecule has 4 heteroatoms. The maximum absolute atomic E-state index is 13.3. The fourth-order valence-electron chi connectivity index (χ4n) is 1.74. The van der Waals surface area contributed by atoms with Crippen molar-refractivity contribution in [2.75, 3.05) is 13.2 Å². The summed E-state index contributed by atoms with van der Waals surface area (Å²) >= 11 is 0. The van der Waals surface area contributed by atoms with Crippen molar-refractivity contribution >= 4 is 0 Å². The summed E-state index contributed by atoms with van der Waals surface area (Å²) in [6.07, 6.45) is -1.79. The van der Waals surface area contributed by atoms with Crippen molar-refractivity contribution in [2.24, 2.45) is 0 Å². The number of aliphatic hydroxyl groups excluding tert-OH is 1. The van der Waals surface area contributed by atoms with Gasteiger partial charge in [0.05, 0.1) is 6.10 Å². The van der Waals surface area contributed by atoms with Gasteiger partial charge in [-0.05, 0) is 31.5 Å². The summed E-state index contributed by atoms with van der Waals surface area (Å²) in [7, 11) is 0. The summed E-state index contributed by atoms with van der Waals surface area (Å²) in [6, 6.07) is 3.26. The van der Waals surface area contributed by atoms with Crippen LogP contribution in [0.1, 0.15) is 37.3 Å². The van der Waals surface area contributed by atoms with Crippen LogP contribution in [0.2, 0.25) is 0 Å². The molecule has 3 nitrogen and oxygen atoms in total. The fourth-order valence-corrected chi connectivity index (χ4v) is 1.74. The number of hydrogen-bond acceptors (Lipinski definition) is 3. The van der Waals surface area contributed by atoms with E-state index in [4.69, 9.17) is 9.47 Å². The molecule has 0 aromatic heterocycles. The van der Waals surface area contributed by atoms with Crippen LogP contribution >= 0.6 is 0 Å². The Labute approximate surface area is 93.8 Å². The smallest absolute Gasteiger partial charge is 0.167 e. The first-order chi connectivity index (χ1) is 7.59. The van der Waals surface area contributed by atoms with Crippen molar-refractivity contribution in [3.63, 3.8) is 0 Å². The number of fused-ring (bicyclic) bond motifs is 1. The van der Waals surface area contributed by atoms with Crippen LogP contribution in [0, 0.1) is 0 Å². The highest BCUT2D eigenvalue weighted by molar-refractivity contribution is 5.51. The molecule has 2 unspecified atom stereocenters. The summed E-state index contributed by atoms with van der Waals surface area (Å²) in [5.74, 6) is 1.05. The first-order valence-electron chi connectivity index (χ1n) is 5.35. The molecule has 0 spiro atoms. The summed E-state index contributed by atoms with van der Waals surface area (Å²) in [4.78, 5) is 0. The van der Waals surface area contributed by atoms with Gasteiger partial charge in [-0.2, -0.15) is 0 Å². The van der Waals surface area contributed by atoms with Crippen molar-refractivity contribution < 1.29 is 19.0 Å². The molecular formula is C12H15FO3. The molecule has 0 fully saturated rings. The molecule has 2 rings (SSSR count). The maximum atomic E-state index is 13.3. The van der Waals surface area contributed by atoms with Gasteiger partial charge in [0.25, 0.3) is 0 Å². The Morgan fingerprint density at radius 1 is 1.25 bits per heavy atom. The van der Waals surface area contributed by atoms with E-state index < -0.39 is 12.3 Å². The van der Waals surface area contributed by atoms with Crippen molar-refractivity contribution in [3.8, 4) is 11.5 Å². The number of benzene rings is 1. The molecule has 1 heterocycles. The predicted octanol–water partition coefficient (Wildman–Crippen LogP) is 2.54. The van der Waals surface area contributed by atoms with Gasteiger partial charge in [0, 0.05) is 5.56 Å². The Bertz CT molecular complexity index is 388. The number of alkyl halides is 1. The predicted molar refractivity (Wildman–Crippen MR) is 57.6 cm³/mol. The number of halogens is 1. The molecule has 0 amide bonds. The van der Waals surface area contributed by atoms with Crippen molar-refractivity contribution in [2.45, 2.75) is 26.1 Å². The van der Waals surface area contributed by atoms with Gasteiger partial charge in [-0.25, -0.2) is 4.39 Å². The Kier molecular flexibility index (Phi) is 3.01. The highest BCUT2D eigenvalue weighted by Crippen LogP contribution is 2.40. The van der Waals surface area contributed by atoms with E-state index in [0.29, 0.717) is 35.8 Å². The summed E-state index contributed by atoms with van der Waals surface area (Å²) in [5, 5.41) is 9.63. The van der Waals surface area contributed by atoms with E-state index in [1.807, 2.05) is 0 Å². The highest BCUT2D eigenvalue weighted by Gasteiger charge is 2.21. The third kappa shape index (κ3) is 1.97. The first-order valence-corrected chi connectivity index (χ1v) is 5.35. The summed E-state index contributed by atoms with van der Waals surface area (Å²) < 4.78 is 24.1. The zero-order valence-electron chi connectivity index (χ0n) is 9.37. The Morgan fingerprint density at radius 2 is 1.94 bits per heavy atom. The van der Waals surface area contributed by atoms with E-state index in [0.717, 1.165) is 0 Å². The summed E-state index contributed by atoms with van der Waals surface area (Å²) in [6.45, 7) is 3.99. The van der Waals surface area contributed by atoms with Gasteiger partial charge < -0.3 is 14.6 Å². The van der Waals surface area contributed by atoms with Gasteiger partial charge in [-0.15, -0.1) is 0 Å². The van der Waals surface area contributed by atoms with Gasteiger partial charge in [-0.3, -0.25) is 0 Å². The monoisotopic (exact) mass is 226 g/mol. The molecule has 1 N–H and O–H groups in total. The summed E-state index contributed by atoms with van der Waals surface area (Å²) in [5.41, 5.74) is 1.08. The van der Waals surface area contributed by atoms with Crippen LogP contribution in [-0.2, 0) is 0 Å². The molecule has 16 heavy (non-hydrogen) atoms. The third-order valence-corrected chi connectivity index (χ3v) is 2.60. The van der Waals surface area contributed by atoms with Crippen LogP contribution in [0.5, 0.6) is 11.5 Å². The van der Waals surface area contributed by atoms with E-state index in [9.17, 15) is 9.50 Å². The van der Waals surface area contributed by atoms with Gasteiger partial charge in [0.1, 0.15) is 19.4 Å². The average molecular weight is 226 g/mol. The van der Waals surface area contributed by atoms with Crippen LogP contribution in [0.4, 0.5) is 4.39 Å². The zero-order valence-corrected chi connectivity index (χ0v) is 9.37. The number of rotatable bonds is 2. The Balaban J connectivity index is 2.52. The van der Waals surface area contributed by atoms with E-state index in [1.165, 1.54) is 6.92 Å². The van der Waals surface area contributed by atoms with Gasteiger partial charge >= 0.3 is 0 Å². The van der Waals surface area contributed by atoms with Crippen molar-refractivity contribution in [1.82, 2.24) is 0 Å². The second-order valence-corrected chi connectivity index (χ2v) is 3.93. The zero-order chi connectivity index (χ0) is 11.7. The number of aliphatic hydroxyl groups is 1. The Hall–Kier alpha value is -1.29. The van der Waals surface area contributed by atoms with Crippen LogP contribution in [0.15, 0.2) is 12.1 Å². The molecule has 0 aliphatic carbocycles. The van der Waals surface area contributed by atoms with E-state index >= 15 is 0 Å². The quantitative estimate of drug-likeness (QED) is 0.842. The molecule has 1 aliphatic rings. The van der Waals surface area contributed by atoms with Crippen LogP contribution in [0.3, 0.4) is 0 Å². The maximum Gasteiger partial charge on any atom is 0.167 e. The number of hydrogen-bond donors (Lipinski definition) is 1. The topological polar surface area (TPSA) is 38.7 Å². The molecule has 0 saturated carbocycles. The van der Waals surface area contributed by atoms with Gasteiger partial charge in [-0.1, -0.05) is 0 Å². The van der Waals surface area contributed by atoms with E-state index in [-0.39, 0.29) is 0 Å². The SMILES string of the molecule is CC(O)c1cc(C(C)F)cc2c1OCCO2. The Morgan fingerprint density at radius 3 is 2.56 bits per heavy atom. The van der Waals surface area contributed by atoms with Gasteiger partial charge in [0.2, 0.25) is 0 Å². The van der Waals surface area contributed by atoms with E-state index in [2.05, 4.69) is 0 Å². The molecule has 0 bridgehead atoms. The third-order valence-electron chi connectivity index (χ3n) is 2.60. The van der Waals surface area contributed by atoms with Gasteiger partial charge in [0.15, 0.2) is 11.5 Å². The lowest BCUT2D eigenvalue weighted by atomic mass is 10.0. The molecule has 1 aromatic rings. The minimum Gasteiger partial charge on any atom is -0.486 e. The van der Waals surface area contributed by atoms with Crippen LogP contribution in [-0.4, -0.2) is 18.3 Å². The second-order valence-electron chi connectivity index (χ2n) is 3.93. The first kappa shape index (κ1) is 11.2. The molecule has 0 saturated heterocycles. The largest absolute Gasteiger partial charge is 0.486 e. The van der Waals surface area contributed by atoms with E-state index in [1.54, 1.807) is 19.1 Å². The molecule has 88 valence electrons. The fraction of sp³-hybridized carbons (Fsp3) is 0.500. The van der Waals surface area contributed by atoms with Crippen molar-refractivity contribution in [3.05, 3.63) is 23.3 Å². The van der Waals surface area contributed by atoms with Crippen molar-refractivity contribution in [1.29, 1.82) is 0 Å². The standard InChI is InChI=1S/C12H15FO3/c1-7(13)9-5-10(8(2)14)12-11(6-9)15-3-4-16-12/h5-8,14H,3-4H2,1-2H3. The normalized spacial score (nSPS) is 18.0. The molecular weight excluding hydrogens is 211 g/mol. The lowest BCUT2D eigenvalue weighted by Gasteiger charge is -2.23. The number of ether oxygens (including phenoxy) is 2. The highest BCUT2D eigenvalue weighted by atomic mass is 19.1. The molecule has 2 atom stereocenters. The second kappa shape index (κ2) is 4.29. The minimum atomic E-state index is -1.09. The molecule has 1 aliphatic heterocycles. The minimum absolute atomic E-state index is 0.455. The lowest BCUT2D eigenvalue weighted by molar-refractivity contribution is 0.152. The van der Waals surface area contributed by atoms with Crippen LogP contribution < -0.4 is 9.47 Å². The molecule has 0 radical (unpaired) electrons.